The molecule has 0 unspecified atom stereocenters. The van der Waals surface area contributed by atoms with E-state index in [1.54, 1.807) is 19.2 Å². The predicted octanol–water partition coefficient (Wildman–Crippen LogP) is 1.91. The molecule has 0 radical (unpaired) electrons. The van der Waals surface area contributed by atoms with Crippen molar-refractivity contribution in [2.75, 3.05) is 20.7 Å². The van der Waals surface area contributed by atoms with Crippen molar-refractivity contribution in [3.05, 3.63) is 29.8 Å². The van der Waals surface area contributed by atoms with Crippen LogP contribution in [0.1, 0.15) is 30.1 Å². The Morgan fingerprint density at radius 1 is 1.47 bits per heavy atom. The van der Waals surface area contributed by atoms with Crippen LogP contribution >= 0.6 is 0 Å². The van der Waals surface area contributed by atoms with E-state index in [4.69, 9.17) is 4.74 Å². The topological polar surface area (TPSA) is 41.6 Å². The number of hydrogen-bond donors (Lipinski definition) is 1. The fraction of sp³-hybridized carbons (Fsp3) is 0.533. The zero-order valence-electron chi connectivity index (χ0n) is 11.8. The Morgan fingerprint density at radius 3 is 2.89 bits per heavy atom. The Morgan fingerprint density at radius 2 is 2.26 bits per heavy atom. The van der Waals surface area contributed by atoms with Crippen LogP contribution in [0.5, 0.6) is 5.75 Å². The first-order valence-electron chi connectivity index (χ1n) is 6.76. The number of nitrogens with one attached hydrogen (secondary N) is 1. The maximum atomic E-state index is 12.1. The Kier molecular flexibility index (Phi) is 4.43. The second-order valence-electron chi connectivity index (χ2n) is 5.19. The second-order valence-corrected chi connectivity index (χ2v) is 5.19. The van der Waals surface area contributed by atoms with Gasteiger partial charge in [-0.25, -0.2) is 0 Å². The summed E-state index contributed by atoms with van der Waals surface area (Å²) in [6, 6.07) is 8.29. The van der Waals surface area contributed by atoms with Crippen LogP contribution in [0.2, 0.25) is 0 Å². The van der Waals surface area contributed by atoms with E-state index >= 15 is 0 Å². The maximum Gasteiger partial charge on any atom is 0.251 e. The van der Waals surface area contributed by atoms with Crippen LogP contribution < -0.4 is 10.1 Å². The van der Waals surface area contributed by atoms with E-state index in [0.29, 0.717) is 29.9 Å². The van der Waals surface area contributed by atoms with Gasteiger partial charge in [0.25, 0.3) is 5.91 Å². The Balaban J connectivity index is 1.90. The van der Waals surface area contributed by atoms with Gasteiger partial charge in [-0.05, 0) is 45.0 Å². The van der Waals surface area contributed by atoms with Crippen molar-refractivity contribution in [2.45, 2.75) is 31.8 Å². The fourth-order valence-corrected chi connectivity index (χ4v) is 2.52. The first-order valence-corrected chi connectivity index (χ1v) is 6.76. The molecule has 0 bridgehead atoms. The minimum Gasteiger partial charge on any atom is -0.497 e. The van der Waals surface area contributed by atoms with Crippen LogP contribution in [0, 0.1) is 0 Å². The van der Waals surface area contributed by atoms with Crippen molar-refractivity contribution in [3.63, 3.8) is 0 Å². The molecule has 1 amide bonds. The lowest BCUT2D eigenvalue weighted by Crippen LogP contribution is -2.40. The van der Waals surface area contributed by atoms with Crippen molar-refractivity contribution < 1.29 is 9.53 Å². The highest BCUT2D eigenvalue weighted by molar-refractivity contribution is 5.94. The van der Waals surface area contributed by atoms with Gasteiger partial charge in [-0.1, -0.05) is 6.07 Å². The molecule has 0 spiro atoms. The molecule has 2 rings (SSSR count). The average molecular weight is 262 g/mol. The van der Waals surface area contributed by atoms with E-state index in [-0.39, 0.29) is 5.91 Å². The number of amides is 1. The van der Waals surface area contributed by atoms with E-state index in [0.717, 1.165) is 6.42 Å². The van der Waals surface area contributed by atoms with Crippen LogP contribution in [0.25, 0.3) is 0 Å². The molecule has 1 heterocycles. The number of hydrogen-bond acceptors (Lipinski definition) is 3. The van der Waals surface area contributed by atoms with Gasteiger partial charge in [0.05, 0.1) is 7.11 Å². The highest BCUT2D eigenvalue weighted by atomic mass is 16.5. The highest BCUT2D eigenvalue weighted by Crippen LogP contribution is 2.21. The summed E-state index contributed by atoms with van der Waals surface area (Å²) in [6.45, 7) is 2.93. The third-order valence-electron chi connectivity index (χ3n) is 4.02. The van der Waals surface area contributed by atoms with Crippen LogP contribution in [0.3, 0.4) is 0 Å². The van der Waals surface area contributed by atoms with E-state index < -0.39 is 0 Å². The third-order valence-corrected chi connectivity index (χ3v) is 4.02. The van der Waals surface area contributed by atoms with Gasteiger partial charge in [-0.15, -0.1) is 0 Å². The number of likely N-dealkylation sites (N-methyl/N-ethyl adjacent to an activating group) is 1. The SMILES string of the molecule is COc1cccc(C(=O)NC[C@@H]2CC[C@H](C)N2C)c1. The molecule has 1 fully saturated rings. The van der Waals surface area contributed by atoms with Gasteiger partial charge in [0, 0.05) is 24.2 Å². The molecule has 2 atom stereocenters. The zero-order valence-corrected chi connectivity index (χ0v) is 11.8. The predicted molar refractivity (Wildman–Crippen MR) is 75.6 cm³/mol. The molecule has 1 aliphatic rings. The van der Waals surface area contributed by atoms with Crippen LogP contribution in [-0.4, -0.2) is 43.6 Å². The molecule has 1 aromatic carbocycles. The van der Waals surface area contributed by atoms with Crippen LogP contribution in [-0.2, 0) is 0 Å². The van der Waals surface area contributed by atoms with Crippen molar-refractivity contribution in [1.29, 1.82) is 0 Å². The number of methoxy groups -OCH3 is 1. The summed E-state index contributed by atoms with van der Waals surface area (Å²) < 4.78 is 5.13. The molecule has 0 saturated carbocycles. The molecule has 1 saturated heterocycles. The summed E-state index contributed by atoms with van der Waals surface area (Å²) in [6.07, 6.45) is 2.35. The van der Waals surface area contributed by atoms with E-state index in [2.05, 4.69) is 24.2 Å². The number of carbonyl (C=O) groups excluding carboxylic acids is 1. The lowest BCUT2D eigenvalue weighted by Gasteiger charge is -2.23. The quantitative estimate of drug-likeness (QED) is 0.901. The average Bonchev–Trinajstić information content (AvgIpc) is 2.76. The van der Waals surface area contributed by atoms with Crippen LogP contribution in [0.4, 0.5) is 0 Å². The largest absolute Gasteiger partial charge is 0.497 e. The lowest BCUT2D eigenvalue weighted by atomic mass is 10.1. The summed E-state index contributed by atoms with van der Waals surface area (Å²) in [4.78, 5) is 14.4. The minimum atomic E-state index is -0.0353. The standard InChI is InChI=1S/C15H22N2O2/c1-11-7-8-13(17(11)2)10-16-15(18)12-5-4-6-14(9-12)19-3/h4-6,9,11,13H,7-8,10H2,1-3H3,(H,16,18)/t11-,13-/m0/s1. The molecular formula is C15H22N2O2. The molecule has 0 aliphatic carbocycles. The van der Waals surface area contributed by atoms with Crippen LogP contribution in [0.15, 0.2) is 24.3 Å². The molecule has 4 nitrogen and oxygen atoms in total. The minimum absolute atomic E-state index is 0.0353. The van der Waals surface area contributed by atoms with Crippen molar-refractivity contribution in [3.8, 4) is 5.75 Å². The van der Waals surface area contributed by atoms with Crippen molar-refractivity contribution in [1.82, 2.24) is 10.2 Å². The van der Waals surface area contributed by atoms with E-state index in [1.165, 1.54) is 6.42 Å². The molecular weight excluding hydrogens is 240 g/mol. The number of likely N-dealkylation sites (tertiary alicyclic amines) is 1. The fourth-order valence-electron chi connectivity index (χ4n) is 2.52. The number of carbonyl (C=O) groups is 1. The van der Waals surface area contributed by atoms with Crippen molar-refractivity contribution in [2.24, 2.45) is 0 Å². The van der Waals surface area contributed by atoms with Gasteiger partial charge >= 0.3 is 0 Å². The smallest absolute Gasteiger partial charge is 0.251 e. The van der Waals surface area contributed by atoms with Gasteiger partial charge in [0.2, 0.25) is 0 Å². The Bertz CT molecular complexity index is 448. The molecule has 1 aliphatic heterocycles. The molecule has 0 aromatic heterocycles. The summed E-state index contributed by atoms with van der Waals surface area (Å²) >= 11 is 0. The second kappa shape index (κ2) is 6.06. The molecule has 104 valence electrons. The molecule has 1 aromatic rings. The molecule has 4 heteroatoms. The first-order chi connectivity index (χ1) is 9.11. The summed E-state index contributed by atoms with van der Waals surface area (Å²) in [5, 5.41) is 3.01. The molecule has 1 N–H and O–H groups in total. The van der Waals surface area contributed by atoms with E-state index in [1.807, 2.05) is 12.1 Å². The molecule has 19 heavy (non-hydrogen) atoms. The van der Waals surface area contributed by atoms with Gasteiger partial charge < -0.3 is 10.1 Å². The van der Waals surface area contributed by atoms with Gasteiger partial charge in [-0.3, -0.25) is 9.69 Å². The van der Waals surface area contributed by atoms with Gasteiger partial charge in [-0.2, -0.15) is 0 Å². The number of ether oxygens (including phenoxy) is 1. The monoisotopic (exact) mass is 262 g/mol. The van der Waals surface area contributed by atoms with E-state index in [9.17, 15) is 4.79 Å². The summed E-state index contributed by atoms with van der Waals surface area (Å²) in [5.41, 5.74) is 0.646. The Labute approximate surface area is 114 Å². The zero-order chi connectivity index (χ0) is 13.8. The highest BCUT2D eigenvalue weighted by Gasteiger charge is 2.27. The summed E-state index contributed by atoms with van der Waals surface area (Å²) in [7, 11) is 3.73. The third kappa shape index (κ3) is 3.26. The first kappa shape index (κ1) is 13.9. The number of nitrogens with zero attached hydrogens (tertiary/aromatic N) is 1. The number of rotatable bonds is 4. The lowest BCUT2D eigenvalue weighted by molar-refractivity contribution is 0.0940. The normalized spacial score (nSPS) is 23.3. The van der Waals surface area contributed by atoms with Gasteiger partial charge in [0.15, 0.2) is 0 Å². The summed E-state index contributed by atoms with van der Waals surface area (Å²) in [5.74, 6) is 0.672. The number of benzene rings is 1. The van der Waals surface area contributed by atoms with Gasteiger partial charge in [0.1, 0.15) is 5.75 Å². The van der Waals surface area contributed by atoms with Crippen molar-refractivity contribution >= 4 is 5.91 Å². The Hall–Kier alpha value is -1.55. The maximum absolute atomic E-state index is 12.1.